The normalized spacial score (nSPS) is 24.0. The molecule has 1 heterocycles. The summed E-state index contributed by atoms with van der Waals surface area (Å²) in [5.41, 5.74) is 0.937. The number of hydrogen-bond acceptors (Lipinski definition) is 4. The molecule has 0 aliphatic heterocycles. The number of para-hydroxylation sites is 1. The summed E-state index contributed by atoms with van der Waals surface area (Å²) in [6.07, 6.45) is 2.45. The maximum absolute atomic E-state index is 12.4. The molecule has 0 unspecified atom stereocenters. The van der Waals surface area contributed by atoms with Crippen molar-refractivity contribution in [3.8, 4) is 0 Å². The molecular formula is C21H26N2O3. The van der Waals surface area contributed by atoms with E-state index in [-0.39, 0.29) is 17.6 Å². The smallest absolute Gasteiger partial charge is 0.357 e. The number of benzene rings is 1. The van der Waals surface area contributed by atoms with Crippen LogP contribution in [0.1, 0.15) is 50.5 Å². The molecule has 0 saturated heterocycles. The monoisotopic (exact) mass is 354 g/mol. The quantitative estimate of drug-likeness (QED) is 0.850. The third-order valence-corrected chi connectivity index (χ3v) is 5.50. The van der Waals surface area contributed by atoms with Gasteiger partial charge in [0.05, 0.1) is 5.52 Å². The minimum Gasteiger partial charge on any atom is -0.448 e. The minimum atomic E-state index is -0.847. The highest BCUT2D eigenvalue weighted by atomic mass is 16.5. The van der Waals surface area contributed by atoms with Gasteiger partial charge in [-0.1, -0.05) is 51.0 Å². The largest absolute Gasteiger partial charge is 0.448 e. The molecule has 138 valence electrons. The van der Waals surface area contributed by atoms with E-state index in [2.05, 4.69) is 24.1 Å². The van der Waals surface area contributed by atoms with E-state index in [0.717, 1.165) is 23.7 Å². The number of esters is 1. The lowest BCUT2D eigenvalue weighted by Gasteiger charge is -2.35. The van der Waals surface area contributed by atoms with Gasteiger partial charge in [0.1, 0.15) is 5.69 Å². The van der Waals surface area contributed by atoms with Gasteiger partial charge in [-0.15, -0.1) is 0 Å². The van der Waals surface area contributed by atoms with Crippen LogP contribution < -0.4 is 5.32 Å². The molecule has 1 aromatic carbocycles. The Morgan fingerprint density at radius 3 is 2.73 bits per heavy atom. The van der Waals surface area contributed by atoms with Gasteiger partial charge in [0, 0.05) is 11.4 Å². The average molecular weight is 354 g/mol. The van der Waals surface area contributed by atoms with Gasteiger partial charge in [-0.3, -0.25) is 4.79 Å². The van der Waals surface area contributed by atoms with Gasteiger partial charge in [-0.25, -0.2) is 9.78 Å². The van der Waals surface area contributed by atoms with Crippen molar-refractivity contribution in [3.05, 3.63) is 42.1 Å². The van der Waals surface area contributed by atoms with Crippen LogP contribution in [0, 0.1) is 11.8 Å². The number of nitrogens with zero attached hydrogens (tertiary/aromatic N) is 1. The first kappa shape index (κ1) is 18.4. The average Bonchev–Trinajstić information content (AvgIpc) is 2.64. The Kier molecular flexibility index (Phi) is 5.55. The fourth-order valence-electron chi connectivity index (χ4n) is 3.54. The minimum absolute atomic E-state index is 0.145. The SMILES string of the molecule is C[C@@H]1[C@H](C)CCC[C@@H]1NC(=O)[C@@H](C)OC(=O)c1ccc2ccccc2n1. The fraction of sp³-hybridized carbons (Fsp3) is 0.476. The zero-order chi connectivity index (χ0) is 18.7. The second kappa shape index (κ2) is 7.85. The molecule has 5 heteroatoms. The Labute approximate surface area is 154 Å². The molecule has 26 heavy (non-hydrogen) atoms. The molecule has 1 aliphatic rings. The lowest BCUT2D eigenvalue weighted by Crippen LogP contribution is -2.47. The Hall–Kier alpha value is -2.43. The summed E-state index contributed by atoms with van der Waals surface area (Å²) in [4.78, 5) is 29.1. The van der Waals surface area contributed by atoms with Crippen LogP contribution in [0.15, 0.2) is 36.4 Å². The van der Waals surface area contributed by atoms with Crippen LogP contribution in [0.25, 0.3) is 10.9 Å². The molecule has 0 bridgehead atoms. The van der Waals surface area contributed by atoms with Gasteiger partial charge in [0.2, 0.25) is 0 Å². The van der Waals surface area contributed by atoms with Gasteiger partial charge in [0.15, 0.2) is 6.10 Å². The van der Waals surface area contributed by atoms with E-state index in [0.29, 0.717) is 11.8 Å². The number of hydrogen-bond donors (Lipinski definition) is 1. The molecule has 1 fully saturated rings. The number of ether oxygens (including phenoxy) is 1. The first-order valence-electron chi connectivity index (χ1n) is 9.33. The van der Waals surface area contributed by atoms with E-state index >= 15 is 0 Å². The second-order valence-electron chi connectivity index (χ2n) is 7.32. The fourth-order valence-corrected chi connectivity index (χ4v) is 3.54. The van der Waals surface area contributed by atoms with Gasteiger partial charge < -0.3 is 10.1 Å². The number of carbonyl (C=O) groups is 2. The van der Waals surface area contributed by atoms with Gasteiger partial charge in [-0.05, 0) is 37.3 Å². The molecule has 1 aromatic heterocycles. The molecule has 4 atom stereocenters. The molecule has 1 N–H and O–H groups in total. The highest BCUT2D eigenvalue weighted by molar-refractivity contribution is 5.93. The molecule has 1 aliphatic carbocycles. The second-order valence-corrected chi connectivity index (χ2v) is 7.32. The number of rotatable bonds is 4. The first-order chi connectivity index (χ1) is 12.5. The Morgan fingerprint density at radius 2 is 1.92 bits per heavy atom. The highest BCUT2D eigenvalue weighted by Gasteiger charge is 2.30. The predicted octanol–water partition coefficient (Wildman–Crippen LogP) is 3.72. The van der Waals surface area contributed by atoms with Crippen molar-refractivity contribution >= 4 is 22.8 Å². The maximum atomic E-state index is 12.4. The zero-order valence-corrected chi connectivity index (χ0v) is 15.6. The van der Waals surface area contributed by atoms with Crippen molar-refractivity contribution in [1.29, 1.82) is 0 Å². The molecule has 0 radical (unpaired) electrons. The number of aromatic nitrogens is 1. The lowest BCUT2D eigenvalue weighted by atomic mass is 9.78. The van der Waals surface area contributed by atoms with E-state index in [1.54, 1.807) is 13.0 Å². The Bertz CT molecular complexity index is 805. The molecule has 2 aromatic rings. The van der Waals surface area contributed by atoms with Crippen molar-refractivity contribution in [2.75, 3.05) is 0 Å². The maximum Gasteiger partial charge on any atom is 0.357 e. The van der Waals surface area contributed by atoms with Crippen LogP contribution >= 0.6 is 0 Å². The summed E-state index contributed by atoms with van der Waals surface area (Å²) in [6, 6.07) is 11.2. The van der Waals surface area contributed by atoms with Gasteiger partial charge in [-0.2, -0.15) is 0 Å². The van der Waals surface area contributed by atoms with E-state index < -0.39 is 12.1 Å². The molecule has 1 amide bonds. The predicted molar refractivity (Wildman–Crippen MR) is 101 cm³/mol. The van der Waals surface area contributed by atoms with Crippen molar-refractivity contribution in [2.24, 2.45) is 11.8 Å². The van der Waals surface area contributed by atoms with Crippen LogP contribution in [0.5, 0.6) is 0 Å². The van der Waals surface area contributed by atoms with E-state index in [1.807, 2.05) is 30.3 Å². The molecule has 1 saturated carbocycles. The van der Waals surface area contributed by atoms with Crippen LogP contribution in [0.4, 0.5) is 0 Å². The zero-order valence-electron chi connectivity index (χ0n) is 15.6. The Morgan fingerprint density at radius 1 is 1.15 bits per heavy atom. The van der Waals surface area contributed by atoms with Crippen molar-refractivity contribution in [3.63, 3.8) is 0 Å². The molecular weight excluding hydrogens is 328 g/mol. The van der Waals surface area contributed by atoms with Crippen molar-refractivity contribution < 1.29 is 14.3 Å². The van der Waals surface area contributed by atoms with Crippen LogP contribution in [0.2, 0.25) is 0 Å². The summed E-state index contributed by atoms with van der Waals surface area (Å²) in [7, 11) is 0. The number of pyridine rings is 1. The highest BCUT2D eigenvalue weighted by Crippen LogP contribution is 2.29. The number of amides is 1. The number of carbonyl (C=O) groups excluding carboxylic acids is 2. The van der Waals surface area contributed by atoms with Crippen LogP contribution in [-0.4, -0.2) is 29.0 Å². The van der Waals surface area contributed by atoms with Crippen LogP contribution in [0.3, 0.4) is 0 Å². The van der Waals surface area contributed by atoms with Crippen molar-refractivity contribution in [2.45, 2.75) is 52.2 Å². The third-order valence-electron chi connectivity index (χ3n) is 5.50. The topological polar surface area (TPSA) is 68.3 Å². The summed E-state index contributed by atoms with van der Waals surface area (Å²) in [5, 5.41) is 4.00. The van der Waals surface area contributed by atoms with Gasteiger partial charge >= 0.3 is 5.97 Å². The summed E-state index contributed by atoms with van der Waals surface area (Å²) < 4.78 is 5.34. The molecule has 5 nitrogen and oxygen atoms in total. The summed E-state index contributed by atoms with van der Waals surface area (Å²) in [5.74, 6) is 0.194. The number of fused-ring (bicyclic) bond motifs is 1. The van der Waals surface area contributed by atoms with Crippen LogP contribution in [-0.2, 0) is 9.53 Å². The third kappa shape index (κ3) is 4.03. The van der Waals surface area contributed by atoms with E-state index in [9.17, 15) is 9.59 Å². The van der Waals surface area contributed by atoms with Crippen molar-refractivity contribution in [1.82, 2.24) is 10.3 Å². The summed E-state index contributed by atoms with van der Waals surface area (Å²) in [6.45, 7) is 5.99. The lowest BCUT2D eigenvalue weighted by molar-refractivity contribution is -0.130. The van der Waals surface area contributed by atoms with Gasteiger partial charge in [0.25, 0.3) is 5.91 Å². The molecule has 3 rings (SSSR count). The standard InChI is InChI=1S/C21H26N2O3/c1-13-7-6-10-17(14(13)2)23-20(24)15(3)26-21(25)19-12-11-16-8-4-5-9-18(16)22-19/h4-5,8-9,11-15,17H,6-7,10H2,1-3H3,(H,23,24)/t13-,14-,15-,17+/m1/s1. The number of nitrogens with one attached hydrogen (secondary N) is 1. The Balaban J connectivity index is 1.61. The van der Waals surface area contributed by atoms with E-state index in [4.69, 9.17) is 4.74 Å². The molecule has 0 spiro atoms. The van der Waals surface area contributed by atoms with E-state index in [1.165, 1.54) is 6.42 Å². The first-order valence-corrected chi connectivity index (χ1v) is 9.33. The summed E-state index contributed by atoms with van der Waals surface area (Å²) >= 11 is 0.